The zero-order valence-electron chi connectivity index (χ0n) is 3.56. The normalized spacial score (nSPS) is 10.6. The molecule has 0 aromatic rings. The minimum atomic E-state index is 0.347. The highest BCUT2D eigenvalue weighted by atomic mass is 32.1. The SMILES string of the molecule is CC(C)O[SH3]. The Balaban J connectivity index is 2.54. The molecular formula is C3H10OS. The predicted octanol–water partition coefficient (Wildman–Crippen LogP) is 0.721. The summed E-state index contributed by atoms with van der Waals surface area (Å²) in [6.07, 6.45) is 0.347. The molecule has 0 aliphatic rings. The second-order valence-corrected chi connectivity index (χ2v) is 1.46. The van der Waals surface area contributed by atoms with Crippen molar-refractivity contribution in [1.29, 1.82) is 0 Å². The van der Waals surface area contributed by atoms with Gasteiger partial charge in [-0.3, -0.25) is 0 Å². The van der Waals surface area contributed by atoms with E-state index in [9.17, 15) is 0 Å². The Hall–Kier alpha value is 0.310. The van der Waals surface area contributed by atoms with Gasteiger partial charge in [0.05, 0.1) is 6.10 Å². The van der Waals surface area contributed by atoms with Gasteiger partial charge in [0.15, 0.2) is 0 Å². The molecule has 0 heterocycles. The number of hydrogen-bond acceptors (Lipinski definition) is 1. The maximum Gasteiger partial charge on any atom is 0.0635 e. The Morgan fingerprint density at radius 2 is 1.80 bits per heavy atom. The van der Waals surface area contributed by atoms with Crippen LogP contribution in [0.15, 0.2) is 0 Å². The van der Waals surface area contributed by atoms with Crippen LogP contribution in [0.3, 0.4) is 0 Å². The minimum absolute atomic E-state index is 0.347. The quantitative estimate of drug-likeness (QED) is 0.465. The molecule has 0 bridgehead atoms. The largest absolute Gasteiger partial charge is 0.342 e. The van der Waals surface area contributed by atoms with Crippen molar-refractivity contribution in [2.24, 2.45) is 0 Å². The van der Waals surface area contributed by atoms with Gasteiger partial charge in [-0.1, -0.05) is 0 Å². The first-order chi connectivity index (χ1) is 2.27. The van der Waals surface area contributed by atoms with E-state index < -0.39 is 0 Å². The lowest BCUT2D eigenvalue weighted by Gasteiger charge is -1.95. The van der Waals surface area contributed by atoms with Crippen LogP contribution >= 0.6 is 12.9 Å². The summed E-state index contributed by atoms with van der Waals surface area (Å²) in [5, 5.41) is 0. The molecule has 34 valence electrons. The van der Waals surface area contributed by atoms with E-state index in [0.29, 0.717) is 6.10 Å². The van der Waals surface area contributed by atoms with Crippen LogP contribution in [0.2, 0.25) is 0 Å². The summed E-state index contributed by atoms with van der Waals surface area (Å²) in [6, 6.07) is 0. The predicted molar refractivity (Wildman–Crippen MR) is 28.0 cm³/mol. The lowest BCUT2D eigenvalue weighted by atomic mass is 10.5. The third-order valence-electron chi connectivity index (χ3n) is 0.272. The molecule has 0 amide bonds. The summed E-state index contributed by atoms with van der Waals surface area (Å²) in [7, 11) is 0. The van der Waals surface area contributed by atoms with E-state index in [-0.39, 0.29) is 0 Å². The van der Waals surface area contributed by atoms with E-state index in [1.54, 1.807) is 0 Å². The first-order valence-electron chi connectivity index (χ1n) is 1.63. The van der Waals surface area contributed by atoms with Gasteiger partial charge in [0, 0.05) is 0 Å². The maximum atomic E-state index is 4.67. The minimum Gasteiger partial charge on any atom is -0.342 e. The lowest BCUT2D eigenvalue weighted by Crippen LogP contribution is -1.89. The third kappa shape index (κ3) is 4.31. The molecule has 0 N–H and O–H groups in total. The summed E-state index contributed by atoms with van der Waals surface area (Å²) in [4.78, 5) is 0. The van der Waals surface area contributed by atoms with Crippen molar-refractivity contribution in [2.75, 3.05) is 0 Å². The van der Waals surface area contributed by atoms with Gasteiger partial charge in [-0.05, 0) is 13.8 Å². The van der Waals surface area contributed by atoms with Gasteiger partial charge in [-0.25, -0.2) is 0 Å². The summed E-state index contributed by atoms with van der Waals surface area (Å²) in [5.74, 6) is 0. The van der Waals surface area contributed by atoms with Crippen LogP contribution in [0.5, 0.6) is 0 Å². The molecule has 0 radical (unpaired) electrons. The van der Waals surface area contributed by atoms with Crippen molar-refractivity contribution in [3.63, 3.8) is 0 Å². The van der Waals surface area contributed by atoms with Crippen LogP contribution in [-0.4, -0.2) is 6.10 Å². The fraction of sp³-hybridized carbons (Fsp3) is 1.00. The average molecular weight is 94.2 g/mol. The summed E-state index contributed by atoms with van der Waals surface area (Å²) < 4.78 is 4.67. The van der Waals surface area contributed by atoms with Crippen LogP contribution in [-0.2, 0) is 4.18 Å². The zero-order chi connectivity index (χ0) is 4.28. The Kier molecular flexibility index (Phi) is 2.70. The van der Waals surface area contributed by atoms with E-state index in [2.05, 4.69) is 17.1 Å². The van der Waals surface area contributed by atoms with Crippen molar-refractivity contribution >= 4 is 12.9 Å². The van der Waals surface area contributed by atoms with E-state index >= 15 is 0 Å². The van der Waals surface area contributed by atoms with E-state index in [1.165, 1.54) is 0 Å². The summed E-state index contributed by atoms with van der Waals surface area (Å²) in [5.41, 5.74) is 0. The fourth-order valence-electron chi connectivity index (χ4n) is 0. The monoisotopic (exact) mass is 94.0 g/mol. The van der Waals surface area contributed by atoms with Crippen molar-refractivity contribution in [3.8, 4) is 0 Å². The molecule has 1 nitrogen and oxygen atoms in total. The van der Waals surface area contributed by atoms with Crippen LogP contribution in [0.4, 0.5) is 0 Å². The van der Waals surface area contributed by atoms with Gasteiger partial charge in [-0.15, -0.1) is 0 Å². The van der Waals surface area contributed by atoms with Crippen molar-refractivity contribution in [3.05, 3.63) is 0 Å². The van der Waals surface area contributed by atoms with Gasteiger partial charge in [-0.2, -0.15) is 12.9 Å². The zero-order valence-corrected chi connectivity index (χ0v) is 4.72. The molecular weight excluding hydrogens is 84.1 g/mol. The molecule has 0 saturated heterocycles. The highest BCUT2D eigenvalue weighted by Gasteiger charge is 1.78. The first kappa shape index (κ1) is 5.31. The van der Waals surface area contributed by atoms with Gasteiger partial charge in [0.2, 0.25) is 0 Å². The Labute approximate surface area is 37.9 Å². The highest BCUT2D eigenvalue weighted by Crippen LogP contribution is 1.86. The summed E-state index contributed by atoms with van der Waals surface area (Å²) >= 11 is 2.19. The topological polar surface area (TPSA) is 9.23 Å². The molecule has 2 heteroatoms. The average Bonchev–Trinajstić information content (AvgIpc) is 1.38. The lowest BCUT2D eigenvalue weighted by molar-refractivity contribution is 0.295. The third-order valence-corrected chi connectivity index (χ3v) is 0.816. The molecule has 0 aromatic carbocycles. The van der Waals surface area contributed by atoms with Crippen LogP contribution < -0.4 is 0 Å². The summed E-state index contributed by atoms with van der Waals surface area (Å²) in [6.45, 7) is 3.96. The van der Waals surface area contributed by atoms with Crippen molar-refractivity contribution < 1.29 is 4.18 Å². The van der Waals surface area contributed by atoms with Gasteiger partial charge >= 0.3 is 0 Å². The van der Waals surface area contributed by atoms with Gasteiger partial charge in [0.1, 0.15) is 0 Å². The molecule has 0 fully saturated rings. The van der Waals surface area contributed by atoms with E-state index in [4.69, 9.17) is 0 Å². The molecule has 0 saturated carbocycles. The molecule has 0 aliphatic carbocycles. The highest BCUT2D eigenvalue weighted by molar-refractivity contribution is 7.75. The molecule has 5 heavy (non-hydrogen) atoms. The standard InChI is InChI=1S/C3H10OS/c1-3(2)4-5/h3H,1-2,5H3. The number of rotatable bonds is 1. The van der Waals surface area contributed by atoms with Crippen LogP contribution in [0.1, 0.15) is 13.8 Å². The van der Waals surface area contributed by atoms with Gasteiger partial charge in [0.25, 0.3) is 0 Å². The number of hydrogen-bond donors (Lipinski definition) is 0. The molecule has 0 spiro atoms. The molecule has 0 aromatic heterocycles. The Morgan fingerprint density at radius 3 is 1.80 bits per heavy atom. The molecule has 0 rings (SSSR count). The smallest absolute Gasteiger partial charge is 0.0635 e. The molecule has 0 atom stereocenters. The van der Waals surface area contributed by atoms with Crippen molar-refractivity contribution in [1.82, 2.24) is 0 Å². The van der Waals surface area contributed by atoms with E-state index in [1.807, 2.05) is 13.8 Å². The fourth-order valence-corrected chi connectivity index (χ4v) is 0. The van der Waals surface area contributed by atoms with Crippen LogP contribution in [0, 0.1) is 0 Å². The molecule has 0 aliphatic heterocycles. The first-order valence-corrected chi connectivity index (χ1v) is 2.10. The Bertz CT molecular complexity index is 20.9. The second-order valence-electron chi connectivity index (χ2n) is 1.18. The van der Waals surface area contributed by atoms with Crippen LogP contribution in [0.25, 0.3) is 0 Å². The van der Waals surface area contributed by atoms with Crippen molar-refractivity contribution in [2.45, 2.75) is 20.0 Å². The second kappa shape index (κ2) is 2.54. The van der Waals surface area contributed by atoms with E-state index in [0.717, 1.165) is 0 Å². The Morgan fingerprint density at radius 1 is 1.60 bits per heavy atom. The van der Waals surface area contributed by atoms with Gasteiger partial charge < -0.3 is 4.18 Å². The maximum absolute atomic E-state index is 4.67. The molecule has 0 unspecified atom stereocenters.